The molecule has 3 N–H and O–H groups in total. The summed E-state index contributed by atoms with van der Waals surface area (Å²) in [5, 5.41) is 8.23. The van der Waals surface area contributed by atoms with Gasteiger partial charge in [-0.25, -0.2) is 4.79 Å². The lowest BCUT2D eigenvalue weighted by Crippen LogP contribution is -2.56. The van der Waals surface area contributed by atoms with Gasteiger partial charge in [-0.3, -0.25) is 5.32 Å². The average molecular weight is 463 g/mol. The predicted octanol–water partition coefficient (Wildman–Crippen LogP) is 4.60. The van der Waals surface area contributed by atoms with Gasteiger partial charge in [0.1, 0.15) is 12.4 Å². The molecule has 0 aliphatic carbocycles. The van der Waals surface area contributed by atoms with Crippen molar-refractivity contribution in [3.8, 4) is 5.75 Å². The van der Waals surface area contributed by atoms with Gasteiger partial charge in [-0.15, -0.1) is 0 Å². The van der Waals surface area contributed by atoms with Gasteiger partial charge in [-0.1, -0.05) is 77.3 Å². The van der Waals surface area contributed by atoms with E-state index in [2.05, 4.69) is 16.0 Å². The highest BCUT2D eigenvalue weighted by Gasteiger charge is 2.35. The number of anilines is 1. The first-order chi connectivity index (χ1) is 13.3. The number of para-hydroxylation sites is 2. The van der Waals surface area contributed by atoms with Gasteiger partial charge < -0.3 is 20.1 Å². The van der Waals surface area contributed by atoms with E-state index in [1.807, 2.05) is 36.4 Å². The molecule has 1 amide bonds. The lowest BCUT2D eigenvalue weighted by Gasteiger charge is -2.27. The minimum absolute atomic E-state index is 0.0726. The summed E-state index contributed by atoms with van der Waals surface area (Å²) in [6.07, 6.45) is -1.91. The summed E-state index contributed by atoms with van der Waals surface area (Å²) in [5.74, 6) is 0.576. The van der Waals surface area contributed by atoms with Crippen molar-refractivity contribution in [1.82, 2.24) is 10.6 Å². The molecule has 2 aromatic rings. The van der Waals surface area contributed by atoms with E-state index >= 15 is 0 Å². The van der Waals surface area contributed by atoms with E-state index < -0.39 is 16.1 Å². The van der Waals surface area contributed by atoms with Crippen LogP contribution in [0.5, 0.6) is 5.75 Å². The quantitative estimate of drug-likeness (QED) is 0.331. The first kappa shape index (κ1) is 22.4. The van der Waals surface area contributed by atoms with Crippen molar-refractivity contribution in [2.45, 2.75) is 16.6 Å². The zero-order valence-electron chi connectivity index (χ0n) is 14.7. The Morgan fingerprint density at radius 3 is 2.36 bits per heavy atom. The zero-order chi connectivity index (χ0) is 20.6. The second-order valence-electron chi connectivity index (χ2n) is 5.48. The van der Waals surface area contributed by atoms with Gasteiger partial charge in [-0.2, -0.15) is 0 Å². The van der Waals surface area contributed by atoms with E-state index in [-0.39, 0.29) is 11.7 Å². The van der Waals surface area contributed by atoms with Gasteiger partial charge >= 0.3 is 6.09 Å². The van der Waals surface area contributed by atoms with E-state index in [1.165, 1.54) is 7.11 Å². The third-order valence-corrected chi connectivity index (χ3v) is 4.31. The molecule has 1 atom stereocenters. The van der Waals surface area contributed by atoms with Crippen LogP contribution in [-0.4, -0.2) is 28.3 Å². The second-order valence-corrected chi connectivity index (χ2v) is 8.26. The van der Waals surface area contributed by atoms with Gasteiger partial charge in [0, 0.05) is 0 Å². The van der Waals surface area contributed by atoms with Crippen molar-refractivity contribution >= 4 is 63.9 Å². The molecule has 0 aliphatic rings. The fourth-order valence-corrected chi connectivity index (χ4v) is 2.67. The fourth-order valence-electron chi connectivity index (χ4n) is 2.12. The van der Waals surface area contributed by atoms with Crippen molar-refractivity contribution in [3.63, 3.8) is 0 Å². The fraction of sp³-hybridized carbons (Fsp3) is 0.222. The maximum atomic E-state index is 12.1. The number of alkyl carbamates (subject to hydrolysis) is 1. The third-order valence-electron chi connectivity index (χ3n) is 3.43. The highest BCUT2D eigenvalue weighted by atomic mass is 35.6. The molecule has 6 nitrogen and oxygen atoms in total. The van der Waals surface area contributed by atoms with E-state index in [0.717, 1.165) is 5.56 Å². The number of thiocarbonyl (C=S) groups is 1. The minimum Gasteiger partial charge on any atom is -0.495 e. The Morgan fingerprint density at radius 2 is 1.71 bits per heavy atom. The van der Waals surface area contributed by atoms with E-state index in [1.54, 1.807) is 18.2 Å². The smallest absolute Gasteiger partial charge is 0.409 e. The van der Waals surface area contributed by atoms with Crippen LogP contribution >= 0.6 is 47.0 Å². The minimum atomic E-state index is -1.89. The first-order valence-corrected chi connectivity index (χ1v) is 9.58. The van der Waals surface area contributed by atoms with E-state index in [9.17, 15) is 4.79 Å². The van der Waals surface area contributed by atoms with Crippen molar-refractivity contribution in [2.24, 2.45) is 0 Å². The number of halogens is 3. The Balaban J connectivity index is 1.95. The number of nitrogens with one attached hydrogen (secondary N) is 3. The maximum absolute atomic E-state index is 12.1. The van der Waals surface area contributed by atoms with Crippen molar-refractivity contribution in [3.05, 3.63) is 60.2 Å². The molecule has 2 aromatic carbocycles. The van der Waals surface area contributed by atoms with Crippen molar-refractivity contribution < 1.29 is 14.3 Å². The molecule has 10 heteroatoms. The largest absolute Gasteiger partial charge is 0.495 e. The molecular weight excluding hydrogens is 445 g/mol. The lowest BCUT2D eigenvalue weighted by atomic mass is 10.2. The zero-order valence-corrected chi connectivity index (χ0v) is 17.8. The lowest BCUT2D eigenvalue weighted by molar-refractivity contribution is 0.135. The van der Waals surface area contributed by atoms with E-state index in [4.69, 9.17) is 56.5 Å². The van der Waals surface area contributed by atoms with Crippen LogP contribution in [0.4, 0.5) is 10.5 Å². The van der Waals surface area contributed by atoms with Crippen LogP contribution < -0.4 is 20.7 Å². The molecule has 0 unspecified atom stereocenters. The molecule has 150 valence electrons. The highest BCUT2D eigenvalue weighted by molar-refractivity contribution is 7.80. The molecule has 0 saturated carbocycles. The molecule has 0 spiro atoms. The third kappa shape index (κ3) is 7.24. The number of hydrogen-bond donors (Lipinski definition) is 3. The van der Waals surface area contributed by atoms with Crippen LogP contribution in [0, 0.1) is 0 Å². The standard InChI is InChI=1S/C18H18Cl3N3O3S/c1-26-14-10-6-5-9-13(14)22-16(28)23-15(18(19,20)21)24-17(25)27-11-12-7-3-2-4-8-12/h2-10,15H,11H2,1H3,(H,24,25)(H2,22,23,28)/t15-/m0/s1. The highest BCUT2D eigenvalue weighted by Crippen LogP contribution is 2.29. The number of carbonyl (C=O) groups is 1. The number of methoxy groups -OCH3 is 1. The van der Waals surface area contributed by atoms with Crippen LogP contribution in [-0.2, 0) is 11.3 Å². The number of carbonyl (C=O) groups excluding carboxylic acids is 1. The summed E-state index contributed by atoms with van der Waals surface area (Å²) in [6.45, 7) is 0.0726. The monoisotopic (exact) mass is 461 g/mol. The summed E-state index contributed by atoms with van der Waals surface area (Å²) < 4.78 is 8.49. The van der Waals surface area contributed by atoms with Crippen LogP contribution in [0.25, 0.3) is 0 Å². The normalized spacial score (nSPS) is 11.9. The van der Waals surface area contributed by atoms with Crippen molar-refractivity contribution in [2.75, 3.05) is 12.4 Å². The summed E-state index contributed by atoms with van der Waals surface area (Å²) in [7, 11) is 1.53. The Hall–Kier alpha value is -1.93. The molecule has 28 heavy (non-hydrogen) atoms. The summed E-state index contributed by atoms with van der Waals surface area (Å²) in [6, 6.07) is 16.3. The number of ether oxygens (including phenoxy) is 2. The number of benzene rings is 2. The number of rotatable bonds is 6. The average Bonchev–Trinajstić information content (AvgIpc) is 2.66. The Labute approximate surface area is 183 Å². The second kappa shape index (κ2) is 10.6. The van der Waals surface area contributed by atoms with Gasteiger partial charge in [0.25, 0.3) is 0 Å². The molecule has 0 fully saturated rings. The molecule has 0 radical (unpaired) electrons. The molecular formula is C18H18Cl3N3O3S. The number of hydrogen-bond acceptors (Lipinski definition) is 4. The molecule has 0 heterocycles. The molecule has 0 aromatic heterocycles. The number of alkyl halides is 3. The van der Waals surface area contributed by atoms with Crippen LogP contribution in [0.3, 0.4) is 0 Å². The topological polar surface area (TPSA) is 71.6 Å². The molecule has 2 rings (SSSR count). The molecule has 0 bridgehead atoms. The number of amides is 1. The van der Waals surface area contributed by atoms with Crippen molar-refractivity contribution in [1.29, 1.82) is 0 Å². The summed E-state index contributed by atoms with van der Waals surface area (Å²) >= 11 is 23.1. The molecule has 0 saturated heterocycles. The summed E-state index contributed by atoms with van der Waals surface area (Å²) in [5.41, 5.74) is 1.43. The van der Waals surface area contributed by atoms with Gasteiger partial charge in [0.05, 0.1) is 12.8 Å². The van der Waals surface area contributed by atoms with Crippen LogP contribution in [0.2, 0.25) is 0 Å². The van der Waals surface area contributed by atoms with Gasteiger partial charge in [0.15, 0.2) is 11.3 Å². The van der Waals surface area contributed by atoms with E-state index in [0.29, 0.717) is 11.4 Å². The van der Waals surface area contributed by atoms with Crippen LogP contribution in [0.1, 0.15) is 5.56 Å². The molecule has 0 aliphatic heterocycles. The Morgan fingerprint density at radius 1 is 1.07 bits per heavy atom. The Kier molecular flexibility index (Phi) is 8.44. The summed E-state index contributed by atoms with van der Waals surface area (Å²) in [4.78, 5) is 12.1. The SMILES string of the molecule is COc1ccccc1NC(=S)N[C@@H](NC(=O)OCc1ccccc1)C(Cl)(Cl)Cl. The van der Waals surface area contributed by atoms with Crippen LogP contribution in [0.15, 0.2) is 54.6 Å². The van der Waals surface area contributed by atoms with Gasteiger partial charge in [0.2, 0.25) is 3.79 Å². The Bertz CT molecular complexity index is 803. The predicted molar refractivity (Wildman–Crippen MR) is 116 cm³/mol. The van der Waals surface area contributed by atoms with Gasteiger partial charge in [-0.05, 0) is 29.9 Å². The first-order valence-electron chi connectivity index (χ1n) is 8.04. The maximum Gasteiger partial charge on any atom is 0.409 e.